The Hall–Kier alpha value is -1.32. The third kappa shape index (κ3) is 1.52. The topological polar surface area (TPSA) is 28.4 Å². The number of rotatable bonds is 1. The summed E-state index contributed by atoms with van der Waals surface area (Å²) in [5, 5.41) is 4.67. The van der Waals surface area contributed by atoms with Gasteiger partial charge in [0.15, 0.2) is 0 Å². The molecule has 1 saturated heterocycles. The number of hydrogen-bond acceptors (Lipinski definition) is 3. The molecule has 1 aromatic carbocycles. The molecule has 0 bridgehead atoms. The largest absolute Gasteiger partial charge is 0.464 e. The quantitative estimate of drug-likeness (QED) is 0.790. The summed E-state index contributed by atoms with van der Waals surface area (Å²) in [6.45, 7) is 3.16. The number of nitrogens with zero attached hydrogens (tertiary/aromatic N) is 1. The van der Waals surface area contributed by atoms with Gasteiger partial charge in [-0.25, -0.2) is 0 Å². The SMILES string of the molecule is CN1CCNCC1c1coc2ccccc12. The molecule has 1 aliphatic rings. The highest BCUT2D eigenvalue weighted by atomic mass is 16.3. The Morgan fingerprint density at radius 2 is 2.25 bits per heavy atom. The van der Waals surface area contributed by atoms with Crippen LogP contribution in [0.15, 0.2) is 34.9 Å². The zero-order valence-electron chi connectivity index (χ0n) is 9.44. The molecule has 0 saturated carbocycles. The molecule has 84 valence electrons. The summed E-state index contributed by atoms with van der Waals surface area (Å²) in [5.74, 6) is 0. The molecule has 0 spiro atoms. The van der Waals surface area contributed by atoms with Gasteiger partial charge < -0.3 is 9.73 Å². The van der Waals surface area contributed by atoms with Crippen molar-refractivity contribution in [2.75, 3.05) is 26.7 Å². The molecule has 1 aromatic heterocycles. The summed E-state index contributed by atoms with van der Waals surface area (Å²) in [5.41, 5.74) is 2.28. The smallest absolute Gasteiger partial charge is 0.134 e. The summed E-state index contributed by atoms with van der Waals surface area (Å²) in [7, 11) is 2.17. The van der Waals surface area contributed by atoms with E-state index in [2.05, 4.69) is 29.4 Å². The van der Waals surface area contributed by atoms with Crippen LogP contribution >= 0.6 is 0 Å². The van der Waals surface area contributed by atoms with Crippen molar-refractivity contribution >= 4 is 11.0 Å². The maximum Gasteiger partial charge on any atom is 0.134 e. The normalized spacial score (nSPS) is 22.7. The molecule has 3 heteroatoms. The van der Waals surface area contributed by atoms with Crippen LogP contribution in [0.25, 0.3) is 11.0 Å². The fourth-order valence-corrected chi connectivity index (χ4v) is 2.41. The summed E-state index contributed by atoms with van der Waals surface area (Å²) in [4.78, 5) is 2.38. The average Bonchev–Trinajstić information content (AvgIpc) is 2.74. The van der Waals surface area contributed by atoms with E-state index < -0.39 is 0 Å². The highest BCUT2D eigenvalue weighted by Gasteiger charge is 2.23. The molecule has 3 rings (SSSR count). The van der Waals surface area contributed by atoms with Crippen molar-refractivity contribution in [1.82, 2.24) is 10.2 Å². The molecular formula is C13H16N2O. The van der Waals surface area contributed by atoms with Gasteiger partial charge in [-0.1, -0.05) is 18.2 Å². The minimum absolute atomic E-state index is 0.428. The first kappa shape index (κ1) is 9.87. The van der Waals surface area contributed by atoms with Crippen LogP contribution in [0.4, 0.5) is 0 Å². The van der Waals surface area contributed by atoms with Crippen LogP contribution in [0.5, 0.6) is 0 Å². The lowest BCUT2D eigenvalue weighted by Crippen LogP contribution is -2.43. The zero-order chi connectivity index (χ0) is 11.0. The van der Waals surface area contributed by atoms with Gasteiger partial charge in [0.25, 0.3) is 0 Å². The third-order valence-corrected chi connectivity index (χ3v) is 3.38. The molecule has 0 amide bonds. The number of nitrogens with one attached hydrogen (secondary N) is 1. The molecular weight excluding hydrogens is 200 g/mol. The van der Waals surface area contributed by atoms with Crippen molar-refractivity contribution < 1.29 is 4.42 Å². The monoisotopic (exact) mass is 216 g/mol. The third-order valence-electron chi connectivity index (χ3n) is 3.38. The molecule has 16 heavy (non-hydrogen) atoms. The lowest BCUT2D eigenvalue weighted by atomic mass is 10.0. The first-order valence-corrected chi connectivity index (χ1v) is 5.73. The van der Waals surface area contributed by atoms with E-state index in [0.29, 0.717) is 6.04 Å². The lowest BCUT2D eigenvalue weighted by molar-refractivity contribution is 0.202. The van der Waals surface area contributed by atoms with Crippen LogP contribution in [0.2, 0.25) is 0 Å². The van der Waals surface area contributed by atoms with E-state index in [9.17, 15) is 0 Å². The number of para-hydroxylation sites is 1. The van der Waals surface area contributed by atoms with Crippen molar-refractivity contribution in [2.24, 2.45) is 0 Å². The highest BCUT2D eigenvalue weighted by Crippen LogP contribution is 2.29. The summed E-state index contributed by atoms with van der Waals surface area (Å²) < 4.78 is 5.60. The van der Waals surface area contributed by atoms with E-state index in [4.69, 9.17) is 4.42 Å². The summed E-state index contributed by atoms with van der Waals surface area (Å²) in [6, 6.07) is 8.67. The summed E-state index contributed by atoms with van der Waals surface area (Å²) in [6.07, 6.45) is 1.90. The second kappa shape index (κ2) is 3.92. The van der Waals surface area contributed by atoms with Crippen LogP contribution < -0.4 is 5.32 Å². The second-order valence-electron chi connectivity index (χ2n) is 4.39. The molecule has 2 aromatic rings. The van der Waals surface area contributed by atoms with E-state index in [0.717, 1.165) is 25.2 Å². The molecule has 1 fully saturated rings. The number of benzene rings is 1. The van der Waals surface area contributed by atoms with E-state index in [1.807, 2.05) is 18.4 Å². The van der Waals surface area contributed by atoms with Crippen molar-refractivity contribution in [3.8, 4) is 0 Å². The Labute approximate surface area is 95.0 Å². The Bertz CT molecular complexity index is 491. The Morgan fingerprint density at radius 1 is 1.38 bits per heavy atom. The molecule has 1 unspecified atom stereocenters. The molecule has 1 N–H and O–H groups in total. The van der Waals surface area contributed by atoms with Gasteiger partial charge in [0.1, 0.15) is 5.58 Å². The molecule has 2 heterocycles. The predicted molar refractivity (Wildman–Crippen MR) is 64.5 cm³/mol. The fraction of sp³-hybridized carbons (Fsp3) is 0.385. The zero-order valence-corrected chi connectivity index (χ0v) is 9.44. The molecule has 0 aliphatic carbocycles. The van der Waals surface area contributed by atoms with Gasteiger partial charge in [-0.2, -0.15) is 0 Å². The van der Waals surface area contributed by atoms with E-state index >= 15 is 0 Å². The second-order valence-corrected chi connectivity index (χ2v) is 4.39. The van der Waals surface area contributed by atoms with Crippen LogP contribution in [-0.4, -0.2) is 31.6 Å². The van der Waals surface area contributed by atoms with Gasteiger partial charge in [0.2, 0.25) is 0 Å². The Kier molecular flexibility index (Phi) is 2.42. The Morgan fingerprint density at radius 3 is 3.12 bits per heavy atom. The predicted octanol–water partition coefficient (Wildman–Crippen LogP) is 2.01. The molecule has 1 aliphatic heterocycles. The van der Waals surface area contributed by atoms with E-state index in [1.54, 1.807) is 0 Å². The molecule has 1 atom stereocenters. The van der Waals surface area contributed by atoms with E-state index in [-0.39, 0.29) is 0 Å². The fourth-order valence-electron chi connectivity index (χ4n) is 2.41. The van der Waals surface area contributed by atoms with Crippen LogP contribution in [-0.2, 0) is 0 Å². The van der Waals surface area contributed by atoms with Gasteiger partial charge in [-0.05, 0) is 13.1 Å². The minimum atomic E-state index is 0.428. The lowest BCUT2D eigenvalue weighted by Gasteiger charge is -2.32. The average molecular weight is 216 g/mol. The molecule has 3 nitrogen and oxygen atoms in total. The summed E-state index contributed by atoms with van der Waals surface area (Å²) >= 11 is 0. The van der Waals surface area contributed by atoms with Gasteiger partial charge in [-0.3, -0.25) is 4.90 Å². The van der Waals surface area contributed by atoms with Crippen molar-refractivity contribution in [1.29, 1.82) is 0 Å². The number of hydrogen-bond donors (Lipinski definition) is 1. The van der Waals surface area contributed by atoms with Crippen molar-refractivity contribution in [3.05, 3.63) is 36.1 Å². The maximum atomic E-state index is 5.60. The van der Waals surface area contributed by atoms with Gasteiger partial charge in [-0.15, -0.1) is 0 Å². The number of likely N-dealkylation sites (N-methyl/N-ethyl adjacent to an activating group) is 1. The number of piperazine rings is 1. The number of furan rings is 1. The number of fused-ring (bicyclic) bond motifs is 1. The maximum absolute atomic E-state index is 5.60. The first-order valence-electron chi connectivity index (χ1n) is 5.73. The standard InChI is InChI=1S/C13H16N2O/c1-15-7-6-14-8-12(15)11-9-16-13-5-3-2-4-10(11)13/h2-5,9,12,14H,6-8H2,1H3. The van der Waals surface area contributed by atoms with Crippen molar-refractivity contribution in [2.45, 2.75) is 6.04 Å². The van der Waals surface area contributed by atoms with Crippen LogP contribution in [0, 0.1) is 0 Å². The molecule has 0 radical (unpaired) electrons. The van der Waals surface area contributed by atoms with Gasteiger partial charge in [0.05, 0.1) is 12.3 Å². The van der Waals surface area contributed by atoms with Gasteiger partial charge in [0, 0.05) is 30.6 Å². The van der Waals surface area contributed by atoms with E-state index in [1.165, 1.54) is 10.9 Å². The first-order chi connectivity index (χ1) is 7.86. The van der Waals surface area contributed by atoms with Crippen LogP contribution in [0.1, 0.15) is 11.6 Å². The minimum Gasteiger partial charge on any atom is -0.464 e. The van der Waals surface area contributed by atoms with Crippen LogP contribution in [0.3, 0.4) is 0 Å². The van der Waals surface area contributed by atoms with Crippen molar-refractivity contribution in [3.63, 3.8) is 0 Å². The van der Waals surface area contributed by atoms with Gasteiger partial charge >= 0.3 is 0 Å². The highest BCUT2D eigenvalue weighted by molar-refractivity contribution is 5.81. The Balaban J connectivity index is 2.04.